The number of aryl methyl sites for hydroxylation is 1. The van der Waals surface area contributed by atoms with Gasteiger partial charge in [0.25, 0.3) is 11.8 Å². The Labute approximate surface area is 175 Å². The minimum absolute atomic E-state index is 0.114. The SMILES string of the molecule is Cn1cc(C(=O)Nc2ccc(F)cc2)c(CC2CCN(C(=O)[C@@H]3CCCO3)CC2)n1. The number of aromatic nitrogens is 2. The van der Waals surface area contributed by atoms with E-state index in [0.717, 1.165) is 31.4 Å². The summed E-state index contributed by atoms with van der Waals surface area (Å²) in [5.41, 5.74) is 1.82. The third-order valence-electron chi connectivity index (χ3n) is 5.87. The highest BCUT2D eigenvalue weighted by Crippen LogP contribution is 2.25. The zero-order chi connectivity index (χ0) is 21.1. The van der Waals surface area contributed by atoms with Crippen molar-refractivity contribution in [1.82, 2.24) is 14.7 Å². The van der Waals surface area contributed by atoms with Crippen LogP contribution in [0.2, 0.25) is 0 Å². The Morgan fingerprint density at radius 1 is 1.20 bits per heavy atom. The average molecular weight is 414 g/mol. The van der Waals surface area contributed by atoms with E-state index in [2.05, 4.69) is 10.4 Å². The minimum atomic E-state index is -0.348. The lowest BCUT2D eigenvalue weighted by Crippen LogP contribution is -2.44. The van der Waals surface area contributed by atoms with E-state index in [1.54, 1.807) is 17.9 Å². The van der Waals surface area contributed by atoms with Crippen LogP contribution in [0, 0.1) is 11.7 Å². The van der Waals surface area contributed by atoms with E-state index in [9.17, 15) is 14.0 Å². The van der Waals surface area contributed by atoms with E-state index in [4.69, 9.17) is 4.74 Å². The molecule has 1 N–H and O–H groups in total. The Morgan fingerprint density at radius 3 is 2.60 bits per heavy atom. The van der Waals surface area contributed by atoms with Crippen LogP contribution in [0.1, 0.15) is 41.7 Å². The first-order valence-corrected chi connectivity index (χ1v) is 10.5. The van der Waals surface area contributed by atoms with E-state index in [1.807, 2.05) is 4.90 Å². The van der Waals surface area contributed by atoms with Gasteiger partial charge in [-0.05, 0) is 62.3 Å². The number of rotatable bonds is 5. The van der Waals surface area contributed by atoms with Crippen molar-refractivity contribution < 1.29 is 18.7 Å². The third kappa shape index (κ3) is 4.70. The Balaban J connectivity index is 1.35. The van der Waals surface area contributed by atoms with Crippen LogP contribution in [0.25, 0.3) is 0 Å². The summed E-state index contributed by atoms with van der Waals surface area (Å²) in [6.45, 7) is 2.11. The molecule has 2 fully saturated rings. The molecular weight excluding hydrogens is 387 g/mol. The van der Waals surface area contributed by atoms with Crippen molar-refractivity contribution in [3.63, 3.8) is 0 Å². The van der Waals surface area contributed by atoms with Gasteiger partial charge in [0.05, 0.1) is 11.3 Å². The number of benzene rings is 1. The van der Waals surface area contributed by atoms with Crippen LogP contribution in [-0.2, 0) is 23.0 Å². The van der Waals surface area contributed by atoms with E-state index >= 15 is 0 Å². The molecule has 2 aliphatic heterocycles. The van der Waals surface area contributed by atoms with Crippen molar-refractivity contribution in [2.45, 2.75) is 38.2 Å². The molecule has 1 aromatic heterocycles. The molecule has 2 amide bonds. The molecule has 3 heterocycles. The van der Waals surface area contributed by atoms with Crippen LogP contribution in [0.4, 0.5) is 10.1 Å². The molecule has 0 bridgehead atoms. The monoisotopic (exact) mass is 414 g/mol. The molecular formula is C22H27FN4O3. The summed E-state index contributed by atoms with van der Waals surface area (Å²) in [4.78, 5) is 27.2. The molecule has 8 heteroatoms. The predicted octanol–water partition coefficient (Wildman–Crippen LogP) is 2.77. The van der Waals surface area contributed by atoms with Gasteiger partial charge in [-0.3, -0.25) is 14.3 Å². The van der Waals surface area contributed by atoms with Gasteiger partial charge in [0, 0.05) is 38.6 Å². The van der Waals surface area contributed by atoms with Gasteiger partial charge in [-0.15, -0.1) is 0 Å². The maximum absolute atomic E-state index is 13.1. The molecule has 0 aliphatic carbocycles. The first-order valence-electron chi connectivity index (χ1n) is 10.5. The first-order chi connectivity index (χ1) is 14.5. The Morgan fingerprint density at radius 2 is 1.93 bits per heavy atom. The molecule has 2 aliphatic rings. The second-order valence-electron chi connectivity index (χ2n) is 8.10. The molecule has 1 aromatic carbocycles. The first kappa shape index (κ1) is 20.5. The number of nitrogens with one attached hydrogen (secondary N) is 1. The molecule has 0 spiro atoms. The van der Waals surface area contributed by atoms with Crippen molar-refractivity contribution >= 4 is 17.5 Å². The van der Waals surface area contributed by atoms with Gasteiger partial charge in [0.2, 0.25) is 0 Å². The molecule has 2 aromatic rings. The number of halogens is 1. The number of piperidine rings is 1. The zero-order valence-corrected chi connectivity index (χ0v) is 17.1. The lowest BCUT2D eigenvalue weighted by Gasteiger charge is -2.33. The molecule has 0 saturated carbocycles. The standard InChI is InChI=1S/C22H27FN4O3/c1-26-14-18(21(28)24-17-6-4-16(23)5-7-17)19(25-26)13-15-8-10-27(11-9-15)22(29)20-3-2-12-30-20/h4-7,14-15,20H,2-3,8-13H2,1H3,(H,24,28)/t20-/m0/s1. The fourth-order valence-electron chi connectivity index (χ4n) is 4.21. The van der Waals surface area contributed by atoms with Crippen LogP contribution in [0.15, 0.2) is 30.5 Å². The van der Waals surface area contributed by atoms with E-state index in [-0.39, 0.29) is 23.7 Å². The molecule has 2 saturated heterocycles. The number of likely N-dealkylation sites (tertiary alicyclic amines) is 1. The fraction of sp³-hybridized carbons (Fsp3) is 0.500. The number of amides is 2. The van der Waals surface area contributed by atoms with Crippen LogP contribution >= 0.6 is 0 Å². The molecule has 0 radical (unpaired) electrons. The van der Waals surface area contributed by atoms with Gasteiger partial charge in [0.1, 0.15) is 11.9 Å². The second-order valence-corrected chi connectivity index (χ2v) is 8.10. The highest BCUT2D eigenvalue weighted by atomic mass is 19.1. The molecule has 1 atom stereocenters. The Kier molecular flexibility index (Phi) is 6.13. The molecule has 160 valence electrons. The van der Waals surface area contributed by atoms with E-state index in [1.165, 1.54) is 24.3 Å². The number of carbonyl (C=O) groups is 2. The normalized spacial score (nSPS) is 19.8. The Hall–Kier alpha value is -2.74. The minimum Gasteiger partial charge on any atom is -0.368 e. The molecule has 7 nitrogen and oxygen atoms in total. The van der Waals surface area contributed by atoms with Crippen molar-refractivity contribution in [3.05, 3.63) is 47.5 Å². The van der Waals surface area contributed by atoms with Gasteiger partial charge < -0.3 is 15.0 Å². The average Bonchev–Trinajstić information content (AvgIpc) is 3.40. The second kappa shape index (κ2) is 8.95. The number of nitrogens with zero attached hydrogens (tertiary/aromatic N) is 3. The summed E-state index contributed by atoms with van der Waals surface area (Å²) in [6.07, 6.45) is 5.68. The Bertz CT molecular complexity index is 898. The summed E-state index contributed by atoms with van der Waals surface area (Å²) in [7, 11) is 1.79. The van der Waals surface area contributed by atoms with Crippen LogP contribution in [0.3, 0.4) is 0 Å². The summed E-state index contributed by atoms with van der Waals surface area (Å²) in [5, 5.41) is 7.30. The highest BCUT2D eigenvalue weighted by molar-refractivity contribution is 6.04. The van der Waals surface area contributed by atoms with Gasteiger partial charge in [-0.1, -0.05) is 0 Å². The summed E-state index contributed by atoms with van der Waals surface area (Å²) < 4.78 is 20.2. The largest absolute Gasteiger partial charge is 0.368 e. The smallest absolute Gasteiger partial charge is 0.259 e. The van der Waals surface area contributed by atoms with Crippen molar-refractivity contribution in [3.8, 4) is 0 Å². The maximum Gasteiger partial charge on any atom is 0.259 e. The number of hydrogen-bond acceptors (Lipinski definition) is 4. The van der Waals surface area contributed by atoms with Gasteiger partial charge in [-0.2, -0.15) is 5.10 Å². The number of ether oxygens (including phenoxy) is 1. The predicted molar refractivity (Wildman–Crippen MR) is 110 cm³/mol. The number of carbonyl (C=O) groups excluding carboxylic acids is 2. The topological polar surface area (TPSA) is 76.5 Å². The number of hydrogen-bond donors (Lipinski definition) is 1. The summed E-state index contributed by atoms with van der Waals surface area (Å²) in [5.74, 6) is -0.121. The summed E-state index contributed by atoms with van der Waals surface area (Å²) in [6, 6.07) is 5.69. The lowest BCUT2D eigenvalue weighted by atomic mass is 9.91. The van der Waals surface area contributed by atoms with E-state index in [0.29, 0.717) is 43.3 Å². The van der Waals surface area contributed by atoms with Crippen LogP contribution in [0.5, 0.6) is 0 Å². The zero-order valence-electron chi connectivity index (χ0n) is 17.1. The van der Waals surface area contributed by atoms with Gasteiger partial charge in [0.15, 0.2) is 0 Å². The van der Waals surface area contributed by atoms with Crippen molar-refractivity contribution in [2.75, 3.05) is 25.0 Å². The summed E-state index contributed by atoms with van der Waals surface area (Å²) >= 11 is 0. The third-order valence-corrected chi connectivity index (χ3v) is 5.87. The lowest BCUT2D eigenvalue weighted by molar-refractivity contribution is -0.142. The molecule has 30 heavy (non-hydrogen) atoms. The quantitative estimate of drug-likeness (QED) is 0.816. The number of anilines is 1. The highest BCUT2D eigenvalue weighted by Gasteiger charge is 2.31. The van der Waals surface area contributed by atoms with Crippen molar-refractivity contribution in [2.24, 2.45) is 13.0 Å². The fourth-order valence-corrected chi connectivity index (χ4v) is 4.21. The molecule has 4 rings (SSSR count). The molecule has 0 unspecified atom stereocenters. The van der Waals surface area contributed by atoms with Crippen molar-refractivity contribution in [1.29, 1.82) is 0 Å². The van der Waals surface area contributed by atoms with Crippen LogP contribution in [-0.4, -0.2) is 52.3 Å². The van der Waals surface area contributed by atoms with Crippen LogP contribution < -0.4 is 5.32 Å². The van der Waals surface area contributed by atoms with E-state index < -0.39 is 0 Å². The van der Waals surface area contributed by atoms with Gasteiger partial charge >= 0.3 is 0 Å². The maximum atomic E-state index is 13.1. The van der Waals surface area contributed by atoms with Gasteiger partial charge in [-0.25, -0.2) is 4.39 Å².